The van der Waals surface area contributed by atoms with E-state index in [2.05, 4.69) is 0 Å². The molecule has 0 aliphatic carbocycles. The van der Waals surface area contributed by atoms with Gasteiger partial charge in [-0.2, -0.15) is 0 Å². The normalized spacial score (nSPS) is 12.2. The maximum Gasteiger partial charge on any atom is 0.147 e. The lowest BCUT2D eigenvalue weighted by Gasteiger charge is -2.15. The van der Waals surface area contributed by atoms with E-state index < -0.39 is 11.9 Å². The van der Waals surface area contributed by atoms with Crippen molar-refractivity contribution in [2.24, 2.45) is 0 Å². The van der Waals surface area contributed by atoms with Gasteiger partial charge in [-0.1, -0.05) is 41.4 Å². The molecule has 2 aromatic carbocycles. The van der Waals surface area contributed by atoms with E-state index in [0.717, 1.165) is 11.1 Å². The molecule has 1 N–H and O–H groups in total. The highest BCUT2D eigenvalue weighted by atomic mass is 35.5. The summed E-state index contributed by atoms with van der Waals surface area (Å²) in [6.45, 7) is 1.95. The van der Waals surface area contributed by atoms with Gasteiger partial charge in [0.2, 0.25) is 0 Å². The van der Waals surface area contributed by atoms with Gasteiger partial charge in [-0.25, -0.2) is 4.39 Å². The van der Waals surface area contributed by atoms with Gasteiger partial charge in [0.15, 0.2) is 0 Å². The smallest absolute Gasteiger partial charge is 0.147 e. The van der Waals surface area contributed by atoms with Crippen LogP contribution in [0.1, 0.15) is 22.8 Å². The molecule has 0 heterocycles. The topological polar surface area (TPSA) is 29.5 Å². The summed E-state index contributed by atoms with van der Waals surface area (Å²) >= 11 is 5.73. The van der Waals surface area contributed by atoms with Crippen molar-refractivity contribution in [2.75, 3.05) is 7.11 Å². The first-order valence-corrected chi connectivity index (χ1v) is 6.66. The van der Waals surface area contributed by atoms with Gasteiger partial charge in [-0.3, -0.25) is 0 Å². The zero-order valence-corrected chi connectivity index (χ0v) is 12.1. The summed E-state index contributed by atoms with van der Waals surface area (Å²) in [7, 11) is 1.57. The van der Waals surface area contributed by atoms with Gasteiger partial charge in [-0.15, -0.1) is 0 Å². The fourth-order valence-corrected chi connectivity index (χ4v) is 2.34. The third-order valence-electron chi connectivity index (χ3n) is 3.19. The summed E-state index contributed by atoms with van der Waals surface area (Å²) in [6, 6.07) is 10.3. The van der Waals surface area contributed by atoms with Gasteiger partial charge in [0.25, 0.3) is 0 Å². The van der Waals surface area contributed by atoms with E-state index in [1.54, 1.807) is 13.2 Å². The minimum Gasteiger partial charge on any atom is -0.496 e. The Morgan fingerprint density at radius 2 is 2.05 bits per heavy atom. The van der Waals surface area contributed by atoms with Crippen LogP contribution in [-0.4, -0.2) is 12.2 Å². The molecule has 20 heavy (non-hydrogen) atoms. The van der Waals surface area contributed by atoms with Crippen LogP contribution >= 0.6 is 11.6 Å². The number of benzene rings is 2. The molecule has 0 amide bonds. The first-order valence-electron chi connectivity index (χ1n) is 6.28. The number of hydrogen-bond donors (Lipinski definition) is 1. The van der Waals surface area contributed by atoms with Gasteiger partial charge in [0.1, 0.15) is 11.6 Å². The molecule has 0 aliphatic rings. The fourth-order valence-electron chi connectivity index (χ4n) is 2.16. The summed E-state index contributed by atoms with van der Waals surface area (Å²) in [5.74, 6) is 0.102. The third-order valence-corrected chi connectivity index (χ3v) is 3.48. The van der Waals surface area contributed by atoms with Gasteiger partial charge in [0.05, 0.1) is 18.2 Å². The number of rotatable bonds is 4. The van der Waals surface area contributed by atoms with Crippen molar-refractivity contribution >= 4 is 11.6 Å². The second-order valence-corrected chi connectivity index (χ2v) is 5.09. The van der Waals surface area contributed by atoms with Gasteiger partial charge < -0.3 is 9.84 Å². The molecular weight excluding hydrogens is 279 g/mol. The van der Waals surface area contributed by atoms with Gasteiger partial charge >= 0.3 is 0 Å². The van der Waals surface area contributed by atoms with Crippen molar-refractivity contribution in [2.45, 2.75) is 19.4 Å². The van der Waals surface area contributed by atoms with Crippen molar-refractivity contribution in [3.63, 3.8) is 0 Å². The standard InChI is InChI=1S/C16H16ClFO2/c1-10-6-7-15(20-2)11(8-10)9-14(19)12-4-3-5-13(17)16(12)18/h3-8,14,19H,9H2,1-2H3. The van der Waals surface area contributed by atoms with E-state index in [4.69, 9.17) is 16.3 Å². The second-order valence-electron chi connectivity index (χ2n) is 4.68. The van der Waals surface area contributed by atoms with Crippen molar-refractivity contribution in [3.05, 3.63) is 63.9 Å². The van der Waals surface area contributed by atoms with E-state index in [-0.39, 0.29) is 17.0 Å². The molecule has 2 aromatic rings. The van der Waals surface area contributed by atoms with Crippen LogP contribution in [0.15, 0.2) is 36.4 Å². The molecule has 4 heteroatoms. The number of aliphatic hydroxyl groups is 1. The van der Waals surface area contributed by atoms with Crippen LogP contribution in [-0.2, 0) is 6.42 Å². The Morgan fingerprint density at radius 1 is 1.30 bits per heavy atom. The highest BCUT2D eigenvalue weighted by Gasteiger charge is 2.17. The summed E-state index contributed by atoms with van der Waals surface area (Å²) in [5.41, 5.74) is 2.08. The quantitative estimate of drug-likeness (QED) is 0.921. The fraction of sp³-hybridized carbons (Fsp3) is 0.250. The Balaban J connectivity index is 2.30. The van der Waals surface area contributed by atoms with Crippen molar-refractivity contribution < 1.29 is 14.2 Å². The maximum absolute atomic E-state index is 13.9. The second kappa shape index (κ2) is 6.25. The molecule has 0 aromatic heterocycles. The summed E-state index contributed by atoms with van der Waals surface area (Å²) in [5, 5.41) is 10.2. The predicted molar refractivity (Wildman–Crippen MR) is 77.8 cm³/mol. The van der Waals surface area contributed by atoms with E-state index in [1.807, 2.05) is 25.1 Å². The van der Waals surface area contributed by atoms with E-state index in [0.29, 0.717) is 5.75 Å². The lowest BCUT2D eigenvalue weighted by Crippen LogP contribution is -2.06. The lowest BCUT2D eigenvalue weighted by molar-refractivity contribution is 0.172. The molecule has 0 saturated carbocycles. The largest absolute Gasteiger partial charge is 0.496 e. The number of methoxy groups -OCH3 is 1. The minimum atomic E-state index is -0.968. The van der Waals surface area contributed by atoms with Crippen LogP contribution in [0.5, 0.6) is 5.75 Å². The van der Waals surface area contributed by atoms with Crippen LogP contribution in [0.4, 0.5) is 4.39 Å². The zero-order valence-electron chi connectivity index (χ0n) is 11.4. The molecule has 2 rings (SSSR count). The number of aliphatic hydroxyl groups excluding tert-OH is 1. The van der Waals surface area contributed by atoms with Crippen LogP contribution in [0.25, 0.3) is 0 Å². The average molecular weight is 295 g/mol. The zero-order chi connectivity index (χ0) is 14.7. The number of halogens is 2. The highest BCUT2D eigenvalue weighted by molar-refractivity contribution is 6.30. The molecular formula is C16H16ClFO2. The molecule has 1 atom stereocenters. The summed E-state index contributed by atoms with van der Waals surface area (Å²) in [4.78, 5) is 0. The van der Waals surface area contributed by atoms with Crippen molar-refractivity contribution in [1.82, 2.24) is 0 Å². The van der Waals surface area contributed by atoms with Crippen LogP contribution in [0.2, 0.25) is 5.02 Å². The highest BCUT2D eigenvalue weighted by Crippen LogP contribution is 2.29. The Hall–Kier alpha value is -1.58. The van der Waals surface area contributed by atoms with Crippen molar-refractivity contribution in [3.8, 4) is 5.75 Å². The van der Waals surface area contributed by atoms with E-state index >= 15 is 0 Å². The summed E-state index contributed by atoms with van der Waals surface area (Å²) in [6.07, 6.45) is -0.702. The molecule has 2 nitrogen and oxygen atoms in total. The van der Waals surface area contributed by atoms with Gasteiger partial charge in [0, 0.05) is 12.0 Å². The lowest BCUT2D eigenvalue weighted by atomic mass is 9.99. The monoisotopic (exact) mass is 294 g/mol. The first kappa shape index (κ1) is 14.8. The van der Waals surface area contributed by atoms with Gasteiger partial charge in [-0.05, 0) is 24.6 Å². The molecule has 0 fully saturated rings. The van der Waals surface area contributed by atoms with Crippen LogP contribution < -0.4 is 4.74 Å². The number of hydrogen-bond acceptors (Lipinski definition) is 2. The molecule has 106 valence electrons. The molecule has 0 spiro atoms. The number of aryl methyl sites for hydroxylation is 1. The number of ether oxygens (including phenoxy) is 1. The Labute approximate surface area is 122 Å². The molecule has 1 unspecified atom stereocenters. The minimum absolute atomic E-state index is 0.0118. The molecule has 0 bridgehead atoms. The SMILES string of the molecule is COc1ccc(C)cc1CC(O)c1cccc(Cl)c1F. The predicted octanol–water partition coefficient (Wildman–Crippen LogP) is 4.07. The first-order chi connectivity index (χ1) is 9.52. The van der Waals surface area contributed by atoms with E-state index in [1.165, 1.54) is 12.1 Å². The van der Waals surface area contributed by atoms with E-state index in [9.17, 15) is 9.50 Å². The summed E-state index contributed by atoms with van der Waals surface area (Å²) < 4.78 is 19.2. The maximum atomic E-state index is 13.9. The third kappa shape index (κ3) is 3.11. The molecule has 0 radical (unpaired) electrons. The molecule has 0 saturated heterocycles. The van der Waals surface area contributed by atoms with Crippen LogP contribution in [0.3, 0.4) is 0 Å². The Morgan fingerprint density at radius 3 is 2.75 bits per heavy atom. The average Bonchev–Trinajstić information content (AvgIpc) is 2.42. The Bertz CT molecular complexity index is 613. The Kier molecular flexibility index (Phi) is 4.63. The van der Waals surface area contributed by atoms with Crippen molar-refractivity contribution in [1.29, 1.82) is 0 Å². The van der Waals surface area contributed by atoms with Crippen LogP contribution in [0, 0.1) is 12.7 Å². The molecule has 0 aliphatic heterocycles.